The Morgan fingerprint density at radius 2 is 1.06 bits per heavy atom. The van der Waals surface area contributed by atoms with Crippen LogP contribution >= 0.6 is 0 Å². The predicted octanol–water partition coefficient (Wildman–Crippen LogP) is 1.75. The molecule has 0 spiro atoms. The van der Waals surface area contributed by atoms with Gasteiger partial charge in [-0.1, -0.05) is 85.7 Å². The van der Waals surface area contributed by atoms with E-state index in [9.17, 15) is 39.0 Å². The molecule has 0 fully saturated rings. The molecule has 5 amide bonds. The number of hydrogen-bond acceptors (Lipinski definition) is 9. The van der Waals surface area contributed by atoms with Crippen LogP contribution in [0.3, 0.4) is 0 Å². The fourth-order valence-corrected chi connectivity index (χ4v) is 5.63. The minimum atomic E-state index is -1.33. The van der Waals surface area contributed by atoms with E-state index in [1.807, 2.05) is 58.0 Å². The molecule has 0 aliphatic carbocycles. The van der Waals surface area contributed by atoms with Gasteiger partial charge in [0, 0.05) is 0 Å². The molecular formula is C38H63N5O9. The van der Waals surface area contributed by atoms with Crippen molar-refractivity contribution in [3.05, 3.63) is 35.9 Å². The molecule has 0 unspecified atom stereocenters. The second-order valence-electron chi connectivity index (χ2n) is 15.1. The highest BCUT2D eigenvalue weighted by atomic mass is 16.5. The molecule has 7 atom stereocenters. The third-order valence-corrected chi connectivity index (χ3v) is 8.52. The molecule has 0 aromatic heterocycles. The van der Waals surface area contributed by atoms with Gasteiger partial charge in [-0.05, 0) is 49.0 Å². The number of benzene rings is 1. The van der Waals surface area contributed by atoms with Crippen molar-refractivity contribution in [2.45, 2.75) is 137 Å². The first kappa shape index (κ1) is 46.0. The maximum absolute atomic E-state index is 13.6. The number of esters is 1. The van der Waals surface area contributed by atoms with Crippen LogP contribution in [0.15, 0.2) is 30.3 Å². The maximum Gasteiger partial charge on any atom is 0.308 e. The van der Waals surface area contributed by atoms with Crippen LogP contribution in [-0.2, 0) is 39.9 Å². The average molecular weight is 734 g/mol. The number of carbonyl (C=O) groups is 6. The lowest BCUT2D eigenvalue weighted by atomic mass is 9.95. The van der Waals surface area contributed by atoms with E-state index in [0.717, 1.165) is 5.56 Å². The molecule has 7 N–H and O–H groups in total. The second kappa shape index (κ2) is 22.8. The first-order valence-corrected chi connectivity index (χ1v) is 18.2. The number of methoxy groups -OCH3 is 1. The van der Waals surface area contributed by atoms with Gasteiger partial charge in [-0.2, -0.15) is 0 Å². The number of aliphatic hydroxyl groups is 2. The van der Waals surface area contributed by atoms with Crippen LogP contribution in [0.5, 0.6) is 0 Å². The zero-order chi connectivity index (χ0) is 39.7. The van der Waals surface area contributed by atoms with Crippen molar-refractivity contribution >= 4 is 35.5 Å². The lowest BCUT2D eigenvalue weighted by Gasteiger charge is -2.31. The molecule has 0 saturated heterocycles. The van der Waals surface area contributed by atoms with Crippen molar-refractivity contribution in [3.63, 3.8) is 0 Å². The molecular weight excluding hydrogens is 670 g/mol. The van der Waals surface area contributed by atoms with Gasteiger partial charge in [0.25, 0.3) is 0 Å². The van der Waals surface area contributed by atoms with Gasteiger partial charge in [-0.15, -0.1) is 0 Å². The van der Waals surface area contributed by atoms with Crippen molar-refractivity contribution in [2.75, 3.05) is 7.11 Å². The summed E-state index contributed by atoms with van der Waals surface area (Å²) in [6.45, 7) is 16.2. The smallest absolute Gasteiger partial charge is 0.308 e. The molecule has 1 aromatic carbocycles. The lowest BCUT2D eigenvalue weighted by molar-refractivity contribution is -0.144. The highest BCUT2D eigenvalue weighted by Gasteiger charge is 2.34. The highest BCUT2D eigenvalue weighted by Crippen LogP contribution is 2.15. The van der Waals surface area contributed by atoms with E-state index >= 15 is 0 Å². The third-order valence-electron chi connectivity index (χ3n) is 8.52. The molecule has 0 aliphatic rings. The molecule has 0 radical (unpaired) electrons. The summed E-state index contributed by atoms with van der Waals surface area (Å²) in [4.78, 5) is 77.5. The number of nitrogens with one attached hydrogen (secondary N) is 5. The topological polar surface area (TPSA) is 212 Å². The van der Waals surface area contributed by atoms with Gasteiger partial charge in [0.1, 0.15) is 18.1 Å². The Hall–Kier alpha value is -4.04. The summed E-state index contributed by atoms with van der Waals surface area (Å²) in [6.07, 6.45) is -2.49. The van der Waals surface area contributed by atoms with Gasteiger partial charge >= 0.3 is 5.97 Å². The zero-order valence-corrected chi connectivity index (χ0v) is 32.5. The molecule has 1 aromatic rings. The number of aliphatic hydroxyl groups excluding tert-OH is 2. The van der Waals surface area contributed by atoms with Crippen LogP contribution in [0.4, 0.5) is 0 Å². The summed E-state index contributed by atoms with van der Waals surface area (Å²) in [5.41, 5.74) is 0.797. The molecule has 14 nitrogen and oxygen atoms in total. The van der Waals surface area contributed by atoms with Crippen LogP contribution in [0.25, 0.3) is 0 Å². The Balaban J connectivity index is 2.95. The summed E-state index contributed by atoms with van der Waals surface area (Å²) in [7, 11) is 1.20. The molecule has 1 rings (SSSR count). The summed E-state index contributed by atoms with van der Waals surface area (Å²) in [5, 5.41) is 35.3. The van der Waals surface area contributed by atoms with Crippen LogP contribution < -0.4 is 26.6 Å². The third kappa shape index (κ3) is 17.0. The van der Waals surface area contributed by atoms with Crippen LogP contribution in [0.1, 0.15) is 93.6 Å². The van der Waals surface area contributed by atoms with E-state index < -0.39 is 78.4 Å². The van der Waals surface area contributed by atoms with E-state index in [-0.39, 0.29) is 42.4 Å². The van der Waals surface area contributed by atoms with Gasteiger partial charge in [0.15, 0.2) is 0 Å². The van der Waals surface area contributed by atoms with Crippen LogP contribution in [-0.4, -0.2) is 95.2 Å². The van der Waals surface area contributed by atoms with Crippen molar-refractivity contribution < 1.29 is 43.7 Å². The largest absolute Gasteiger partial charge is 0.469 e. The second-order valence-corrected chi connectivity index (χ2v) is 15.1. The van der Waals surface area contributed by atoms with Gasteiger partial charge in [0.2, 0.25) is 29.5 Å². The number of amides is 5. The fourth-order valence-electron chi connectivity index (χ4n) is 5.63. The minimum absolute atomic E-state index is 0.0132. The van der Waals surface area contributed by atoms with E-state index in [1.54, 1.807) is 27.7 Å². The average Bonchev–Trinajstić information content (AvgIpc) is 3.04. The zero-order valence-electron chi connectivity index (χ0n) is 32.5. The number of hydrogen-bond donors (Lipinski definition) is 7. The van der Waals surface area contributed by atoms with E-state index in [1.165, 1.54) is 14.0 Å². The Labute approximate surface area is 309 Å². The number of carbonyl (C=O) groups excluding carboxylic acids is 6. The maximum atomic E-state index is 13.6. The lowest BCUT2D eigenvalue weighted by Crippen LogP contribution is -2.59. The van der Waals surface area contributed by atoms with E-state index in [4.69, 9.17) is 0 Å². The summed E-state index contributed by atoms with van der Waals surface area (Å²) in [6, 6.07) is 4.55. The summed E-state index contributed by atoms with van der Waals surface area (Å²) < 4.78 is 4.62. The normalized spacial score (nSPS) is 15.5. The van der Waals surface area contributed by atoms with Crippen molar-refractivity contribution in [2.24, 2.45) is 23.7 Å². The van der Waals surface area contributed by atoms with Crippen molar-refractivity contribution in [1.82, 2.24) is 26.6 Å². The predicted molar refractivity (Wildman–Crippen MR) is 197 cm³/mol. The van der Waals surface area contributed by atoms with Gasteiger partial charge in [-0.25, -0.2) is 0 Å². The Bertz CT molecular complexity index is 1300. The monoisotopic (exact) mass is 733 g/mol. The summed E-state index contributed by atoms with van der Waals surface area (Å²) in [5.74, 6) is -3.81. The Morgan fingerprint density at radius 3 is 1.54 bits per heavy atom. The SMILES string of the molecule is COC(=O)C[C@H](O)[C@H](CC(C)C)NC(=O)[C@H](C)NC(=O)C[C@H](O)[C@H](CC(C)C)NC(=O)[C@@H](NC(=O)[C@@H](NC(=O)Cc1ccccc1)C(C)C)C(C)C. The molecule has 14 heteroatoms. The quantitative estimate of drug-likeness (QED) is 0.0865. The van der Waals surface area contributed by atoms with Gasteiger partial charge in [0.05, 0.1) is 50.7 Å². The minimum Gasteiger partial charge on any atom is -0.469 e. The van der Waals surface area contributed by atoms with Crippen molar-refractivity contribution in [1.29, 1.82) is 0 Å². The Morgan fingerprint density at radius 1 is 0.596 bits per heavy atom. The standard InChI is InChI=1S/C38H63N5O9/c1-21(2)16-27(29(44)19-32(47)39-25(9)36(49)40-28(17-22(3)4)30(45)20-33(48)52-10)41-37(50)35(24(7)8)43-38(51)34(23(5)6)42-31(46)18-26-14-12-11-13-15-26/h11-15,21-25,27-30,34-35,44-45H,16-20H2,1-10H3,(H,39,47)(H,40,49)(H,41,50)(H,42,46)(H,43,51)/t25-,27-,28-,29-,30-,34-,35-/m0/s1. The van der Waals surface area contributed by atoms with Gasteiger partial charge in [-0.3, -0.25) is 28.8 Å². The molecule has 0 saturated carbocycles. The number of ether oxygens (including phenoxy) is 1. The van der Waals surface area contributed by atoms with Crippen LogP contribution in [0, 0.1) is 23.7 Å². The summed E-state index contributed by atoms with van der Waals surface area (Å²) >= 11 is 0. The van der Waals surface area contributed by atoms with E-state index in [2.05, 4.69) is 31.3 Å². The first-order valence-electron chi connectivity index (χ1n) is 18.2. The molecule has 0 heterocycles. The highest BCUT2D eigenvalue weighted by molar-refractivity contribution is 5.93. The van der Waals surface area contributed by atoms with Gasteiger partial charge < -0.3 is 41.5 Å². The fraction of sp³-hybridized carbons (Fsp3) is 0.684. The molecule has 294 valence electrons. The van der Waals surface area contributed by atoms with Crippen LogP contribution in [0.2, 0.25) is 0 Å². The molecule has 0 bridgehead atoms. The molecule has 52 heavy (non-hydrogen) atoms. The molecule has 0 aliphatic heterocycles. The number of rotatable bonds is 22. The van der Waals surface area contributed by atoms with E-state index in [0.29, 0.717) is 12.8 Å². The van der Waals surface area contributed by atoms with Crippen molar-refractivity contribution in [3.8, 4) is 0 Å². The Kier molecular flexibility index (Phi) is 20.2. The first-order chi connectivity index (χ1) is 24.2.